The minimum absolute atomic E-state index is 0.0344. The van der Waals surface area contributed by atoms with Crippen molar-refractivity contribution in [2.45, 2.75) is 47.0 Å². The van der Waals surface area contributed by atoms with Crippen LogP contribution in [0.15, 0.2) is 48.2 Å². The summed E-state index contributed by atoms with van der Waals surface area (Å²) in [5.41, 5.74) is 5.68. The van der Waals surface area contributed by atoms with Crippen LogP contribution >= 0.6 is 11.3 Å². The number of esters is 1. The van der Waals surface area contributed by atoms with Crippen LogP contribution in [0.4, 0.5) is 4.79 Å². The summed E-state index contributed by atoms with van der Waals surface area (Å²) in [6.45, 7) is 9.90. The van der Waals surface area contributed by atoms with E-state index in [4.69, 9.17) is 4.74 Å². The molecule has 0 bridgehead atoms. The molecule has 0 atom stereocenters. The van der Waals surface area contributed by atoms with Crippen LogP contribution in [0.3, 0.4) is 0 Å². The number of ether oxygens (including phenoxy) is 2. The molecule has 1 aliphatic heterocycles. The molecule has 4 heterocycles. The number of likely N-dealkylation sites (tertiary alicyclic amines) is 1. The summed E-state index contributed by atoms with van der Waals surface area (Å²) in [7, 11) is 2.65. The van der Waals surface area contributed by atoms with Crippen molar-refractivity contribution >= 4 is 39.5 Å². The first kappa shape index (κ1) is 33.1. The predicted octanol–water partition coefficient (Wildman–Crippen LogP) is 6.48. The molecular formula is C30H41N5O5S. The number of carbonyl (C=O) groups excluding carboxylic acids is 3. The summed E-state index contributed by atoms with van der Waals surface area (Å²) in [4.78, 5) is 45.6. The van der Waals surface area contributed by atoms with Crippen molar-refractivity contribution in [3.63, 3.8) is 0 Å². The molecule has 0 saturated carbocycles. The summed E-state index contributed by atoms with van der Waals surface area (Å²) in [6, 6.07) is 10.1. The van der Waals surface area contributed by atoms with Gasteiger partial charge in [0.05, 0.1) is 42.7 Å². The van der Waals surface area contributed by atoms with Crippen molar-refractivity contribution in [3.8, 4) is 22.4 Å². The Kier molecular flexibility index (Phi) is 14.2. The largest absolute Gasteiger partial charge is 0.464 e. The van der Waals surface area contributed by atoms with Gasteiger partial charge in [-0.3, -0.25) is 4.79 Å². The van der Waals surface area contributed by atoms with Crippen LogP contribution in [0.2, 0.25) is 0 Å². The molecule has 0 spiro atoms. The molecule has 41 heavy (non-hydrogen) atoms. The summed E-state index contributed by atoms with van der Waals surface area (Å²) in [5, 5.41) is 4.45. The third kappa shape index (κ3) is 9.49. The fourth-order valence-electron chi connectivity index (χ4n) is 3.88. The number of hydrogen-bond acceptors (Lipinski definition) is 7. The van der Waals surface area contributed by atoms with Crippen molar-refractivity contribution in [3.05, 3.63) is 53.9 Å². The number of hydrogen-bond donors (Lipinski definition) is 3. The van der Waals surface area contributed by atoms with Crippen LogP contribution in [-0.2, 0) is 14.3 Å². The second-order valence-corrected chi connectivity index (χ2v) is 9.66. The molecule has 1 fully saturated rings. The van der Waals surface area contributed by atoms with Crippen molar-refractivity contribution in [2.24, 2.45) is 0 Å². The van der Waals surface area contributed by atoms with Gasteiger partial charge in [0.2, 0.25) is 5.91 Å². The highest BCUT2D eigenvalue weighted by Gasteiger charge is 2.18. The first-order valence-electron chi connectivity index (χ1n) is 13.8. The van der Waals surface area contributed by atoms with Gasteiger partial charge < -0.3 is 29.7 Å². The highest BCUT2D eigenvalue weighted by Crippen LogP contribution is 2.35. The lowest BCUT2D eigenvalue weighted by Gasteiger charge is -2.14. The number of thiophene rings is 1. The van der Waals surface area contributed by atoms with Crippen LogP contribution in [0, 0.1) is 0 Å². The smallest absolute Gasteiger partial charge is 0.407 e. The number of carbonyl (C=O) groups is 3. The topological polar surface area (TPSA) is 129 Å². The standard InChI is InChI=1S/C17H13N3O2S.C8H14N2O3.C3H8.C2H6/c1-22-17(21)13-6-15-16(20-13)12(8-23-15)10-2-4-11(5-3-10)14-7-18-9-19-14;1-13-8(12)9-6-7(11)10-4-2-3-5-10;1-3-2;1-2/h2-9,20H,1H3,(H,18,19);2-6H2,1H3,(H,9,12);3H2,1-2H3;1-2H3. The maximum atomic E-state index is 11.6. The lowest BCUT2D eigenvalue weighted by molar-refractivity contribution is -0.129. The number of alkyl carbamates (subject to hydrolysis) is 1. The Balaban J connectivity index is 0.000000278. The summed E-state index contributed by atoms with van der Waals surface area (Å²) in [5.74, 6) is -0.392. The Labute approximate surface area is 245 Å². The van der Waals surface area contributed by atoms with Crippen molar-refractivity contribution in [1.29, 1.82) is 0 Å². The van der Waals surface area contributed by atoms with E-state index >= 15 is 0 Å². The van der Waals surface area contributed by atoms with Gasteiger partial charge in [-0.25, -0.2) is 14.6 Å². The number of benzene rings is 1. The van der Waals surface area contributed by atoms with Gasteiger partial charge in [-0.1, -0.05) is 58.4 Å². The van der Waals surface area contributed by atoms with E-state index in [9.17, 15) is 14.4 Å². The highest BCUT2D eigenvalue weighted by molar-refractivity contribution is 7.17. The van der Waals surface area contributed by atoms with Gasteiger partial charge in [-0.15, -0.1) is 11.3 Å². The lowest BCUT2D eigenvalue weighted by Crippen LogP contribution is -2.38. The van der Waals surface area contributed by atoms with Gasteiger partial charge in [0.15, 0.2) is 0 Å². The third-order valence-electron chi connectivity index (χ3n) is 5.79. The fraction of sp³-hybridized carbons (Fsp3) is 0.400. The Hall–Kier alpha value is -4.12. The number of rotatable bonds is 5. The van der Waals surface area contributed by atoms with Crippen molar-refractivity contribution < 1.29 is 23.9 Å². The van der Waals surface area contributed by atoms with Crippen molar-refractivity contribution in [1.82, 2.24) is 25.2 Å². The Morgan fingerprint density at radius 1 is 1.02 bits per heavy atom. The van der Waals surface area contributed by atoms with Gasteiger partial charge >= 0.3 is 12.1 Å². The number of nitrogens with zero attached hydrogens (tertiary/aromatic N) is 2. The molecule has 222 valence electrons. The second kappa shape index (κ2) is 17.5. The molecule has 3 aromatic heterocycles. The van der Waals surface area contributed by atoms with Gasteiger partial charge in [0.1, 0.15) is 12.2 Å². The number of aromatic amines is 2. The predicted molar refractivity (Wildman–Crippen MR) is 164 cm³/mol. The number of imidazole rings is 1. The van der Waals surface area contributed by atoms with Crippen LogP contribution in [0.25, 0.3) is 32.6 Å². The molecule has 0 unspecified atom stereocenters. The maximum Gasteiger partial charge on any atom is 0.407 e. The minimum atomic E-state index is -0.562. The monoisotopic (exact) mass is 583 g/mol. The van der Waals surface area contributed by atoms with Gasteiger partial charge in [-0.05, 0) is 30.0 Å². The zero-order chi connectivity index (χ0) is 30.2. The lowest BCUT2D eigenvalue weighted by atomic mass is 10.0. The van der Waals surface area contributed by atoms with E-state index in [1.807, 2.05) is 19.9 Å². The van der Waals surface area contributed by atoms with E-state index < -0.39 is 6.09 Å². The quantitative estimate of drug-likeness (QED) is 0.231. The summed E-state index contributed by atoms with van der Waals surface area (Å²) >= 11 is 1.60. The average Bonchev–Trinajstić information content (AvgIpc) is 3.82. The maximum absolute atomic E-state index is 11.6. The fourth-order valence-corrected chi connectivity index (χ4v) is 4.85. The SMILES string of the molecule is CC.CCC.COC(=O)NCC(=O)N1CCCC1.COC(=O)c1cc2scc(-c3ccc(-c4cnc[nH]4)cc3)c2[nH]1. The normalized spacial score (nSPS) is 11.7. The average molecular weight is 584 g/mol. The molecule has 5 rings (SSSR count). The van der Waals surface area contributed by atoms with Gasteiger partial charge in [0, 0.05) is 24.0 Å². The van der Waals surface area contributed by atoms with Crippen LogP contribution in [-0.4, -0.2) is 71.7 Å². The Morgan fingerprint density at radius 3 is 2.22 bits per heavy atom. The summed E-state index contributed by atoms with van der Waals surface area (Å²) in [6.07, 6.45) is 6.27. The van der Waals surface area contributed by atoms with E-state index in [0.29, 0.717) is 5.69 Å². The molecular weight excluding hydrogens is 542 g/mol. The molecule has 0 radical (unpaired) electrons. The molecule has 4 aromatic rings. The molecule has 1 aliphatic rings. The molecule has 10 nitrogen and oxygen atoms in total. The molecule has 1 aromatic carbocycles. The van der Waals surface area contributed by atoms with E-state index in [0.717, 1.165) is 58.5 Å². The van der Waals surface area contributed by atoms with E-state index in [1.165, 1.54) is 20.6 Å². The minimum Gasteiger partial charge on any atom is -0.464 e. The van der Waals surface area contributed by atoms with Gasteiger partial charge in [-0.2, -0.15) is 0 Å². The summed E-state index contributed by atoms with van der Waals surface area (Å²) < 4.78 is 10.1. The van der Waals surface area contributed by atoms with Gasteiger partial charge in [0.25, 0.3) is 0 Å². The Morgan fingerprint density at radius 2 is 1.66 bits per heavy atom. The second-order valence-electron chi connectivity index (χ2n) is 8.75. The number of amides is 2. The number of methoxy groups -OCH3 is 2. The number of aromatic nitrogens is 3. The first-order valence-corrected chi connectivity index (χ1v) is 14.7. The zero-order valence-corrected chi connectivity index (χ0v) is 25.5. The number of H-pyrrole nitrogens is 2. The van der Waals surface area contributed by atoms with Crippen LogP contribution in [0.1, 0.15) is 57.4 Å². The first-order chi connectivity index (χ1) is 19.9. The molecule has 2 amide bonds. The molecule has 1 saturated heterocycles. The van der Waals surface area contributed by atoms with E-state index in [1.54, 1.807) is 28.8 Å². The molecule has 0 aliphatic carbocycles. The number of fused-ring (bicyclic) bond motifs is 1. The molecule has 3 N–H and O–H groups in total. The van der Waals surface area contributed by atoms with Crippen LogP contribution in [0.5, 0.6) is 0 Å². The third-order valence-corrected chi connectivity index (χ3v) is 6.72. The number of nitrogens with one attached hydrogen (secondary N) is 3. The van der Waals surface area contributed by atoms with Crippen molar-refractivity contribution in [2.75, 3.05) is 33.9 Å². The van der Waals surface area contributed by atoms with E-state index in [-0.39, 0.29) is 18.4 Å². The highest BCUT2D eigenvalue weighted by atomic mass is 32.1. The van der Waals surface area contributed by atoms with E-state index in [2.05, 4.69) is 68.5 Å². The van der Waals surface area contributed by atoms with Crippen LogP contribution < -0.4 is 5.32 Å². The zero-order valence-electron chi connectivity index (χ0n) is 24.7. The molecule has 11 heteroatoms. The Bertz CT molecular complexity index is 1340.